The van der Waals surface area contributed by atoms with E-state index >= 15 is 0 Å². The number of hydrogen-bond donors (Lipinski definition) is 1. The van der Waals surface area contributed by atoms with E-state index in [1.807, 2.05) is 18.2 Å². The van der Waals surface area contributed by atoms with Crippen LogP contribution >= 0.6 is 27.3 Å². The number of hydrogen-bond acceptors (Lipinski definition) is 8. The van der Waals surface area contributed by atoms with Crippen LogP contribution in [0.15, 0.2) is 40.9 Å². The minimum Gasteiger partial charge on any atom is -0.477 e. The maximum absolute atomic E-state index is 11.4. The van der Waals surface area contributed by atoms with Gasteiger partial charge in [-0.3, -0.25) is 0 Å². The van der Waals surface area contributed by atoms with Gasteiger partial charge in [-0.15, -0.1) is 11.3 Å². The lowest BCUT2D eigenvalue weighted by Crippen LogP contribution is -2.36. The molecule has 0 bridgehead atoms. The maximum atomic E-state index is 11.4. The third kappa shape index (κ3) is 5.80. The zero-order chi connectivity index (χ0) is 25.8. The van der Waals surface area contributed by atoms with Gasteiger partial charge in [-0.05, 0) is 64.5 Å². The Bertz CT molecular complexity index is 1310. The van der Waals surface area contributed by atoms with Gasteiger partial charge in [0.15, 0.2) is 0 Å². The molecule has 2 fully saturated rings. The number of benzene rings is 1. The van der Waals surface area contributed by atoms with Crippen molar-refractivity contribution in [1.82, 2.24) is 4.98 Å². The first-order valence-corrected chi connectivity index (χ1v) is 13.7. The maximum Gasteiger partial charge on any atom is 0.345 e. The van der Waals surface area contributed by atoms with E-state index in [-0.39, 0.29) is 23.3 Å². The molecule has 5 rings (SSSR count). The van der Waals surface area contributed by atoms with Gasteiger partial charge in [-0.25, -0.2) is 9.78 Å². The fourth-order valence-corrected chi connectivity index (χ4v) is 6.19. The molecule has 2 aliphatic heterocycles. The molecule has 1 N–H and O–H groups in total. The third-order valence-electron chi connectivity index (χ3n) is 6.64. The number of carbonyl (C=O) groups is 1. The summed E-state index contributed by atoms with van der Waals surface area (Å²) in [6.07, 6.45) is 1.65. The van der Waals surface area contributed by atoms with Crippen molar-refractivity contribution >= 4 is 38.9 Å². The summed E-state index contributed by atoms with van der Waals surface area (Å²) in [5, 5.41) is 19.4. The summed E-state index contributed by atoms with van der Waals surface area (Å²) in [5.41, 5.74) is 4.15. The van der Waals surface area contributed by atoms with Gasteiger partial charge in [0.25, 0.3) is 0 Å². The highest BCUT2D eigenvalue weighted by molar-refractivity contribution is 9.10. The number of halogens is 1. The van der Waals surface area contributed by atoms with Crippen molar-refractivity contribution in [3.05, 3.63) is 61.8 Å². The Balaban J connectivity index is 1.48. The molecule has 1 aromatic carbocycles. The van der Waals surface area contributed by atoms with Crippen LogP contribution in [0.3, 0.4) is 0 Å². The number of pyridine rings is 1. The number of carboxylic acid groups (broad SMARTS) is 1. The zero-order valence-electron chi connectivity index (χ0n) is 20.1. The van der Waals surface area contributed by atoms with Crippen LogP contribution in [-0.4, -0.2) is 55.6 Å². The van der Waals surface area contributed by atoms with Gasteiger partial charge < -0.3 is 24.2 Å². The van der Waals surface area contributed by atoms with E-state index in [9.17, 15) is 15.2 Å². The molecular weight excluding hydrogens is 558 g/mol. The molecule has 10 heteroatoms. The summed E-state index contributed by atoms with van der Waals surface area (Å²) in [7, 11) is 0. The quantitative estimate of drug-likeness (QED) is 0.391. The van der Waals surface area contributed by atoms with Crippen LogP contribution in [0.1, 0.15) is 44.4 Å². The standard InChI is InChI=1S/C27H26BrN3O5S/c28-22-14-24(27(32)33)37-25(22)16-36-26-21(15-29)20(17-5-9-34-10-6-17)13-23(30-26)18-1-3-19(4-2-18)31-7-11-35-12-8-31/h1-4,13-14,17H,5-12,16H2,(H,32,33). The number of morpholine rings is 1. The predicted octanol–water partition coefficient (Wildman–Crippen LogP) is 5.45. The minimum atomic E-state index is -0.989. The van der Waals surface area contributed by atoms with Crippen molar-refractivity contribution in [2.24, 2.45) is 0 Å². The monoisotopic (exact) mass is 583 g/mol. The van der Waals surface area contributed by atoms with Crippen LogP contribution in [0.5, 0.6) is 5.88 Å². The summed E-state index contributed by atoms with van der Waals surface area (Å²) in [5.74, 6) is -0.555. The van der Waals surface area contributed by atoms with E-state index in [1.165, 1.54) is 0 Å². The van der Waals surface area contributed by atoms with E-state index in [4.69, 9.17) is 19.2 Å². The number of nitriles is 1. The first kappa shape index (κ1) is 25.7. The summed E-state index contributed by atoms with van der Waals surface area (Å²) in [6.45, 7) is 4.58. The molecule has 8 nitrogen and oxygen atoms in total. The summed E-state index contributed by atoms with van der Waals surface area (Å²) in [4.78, 5) is 19.4. The van der Waals surface area contributed by atoms with Crippen LogP contribution in [0.4, 0.5) is 5.69 Å². The normalized spacial score (nSPS) is 16.4. The van der Waals surface area contributed by atoms with Crippen LogP contribution in [0.2, 0.25) is 0 Å². The number of ether oxygens (including phenoxy) is 3. The van der Waals surface area contributed by atoms with Crippen molar-refractivity contribution in [3.8, 4) is 23.2 Å². The van der Waals surface area contributed by atoms with Crippen molar-refractivity contribution in [3.63, 3.8) is 0 Å². The second-order valence-electron chi connectivity index (χ2n) is 8.90. The molecule has 2 saturated heterocycles. The van der Waals surface area contributed by atoms with Crippen molar-refractivity contribution < 1.29 is 24.1 Å². The lowest BCUT2D eigenvalue weighted by Gasteiger charge is -2.29. The summed E-state index contributed by atoms with van der Waals surface area (Å²) < 4.78 is 17.8. The Hall–Kier alpha value is -2.97. The van der Waals surface area contributed by atoms with Gasteiger partial charge in [-0.2, -0.15) is 5.26 Å². The molecule has 2 aliphatic rings. The Kier molecular flexibility index (Phi) is 8.05. The average Bonchev–Trinajstić information content (AvgIpc) is 3.33. The molecule has 0 spiro atoms. The SMILES string of the molecule is N#Cc1c(C2CCOCC2)cc(-c2ccc(N3CCOCC3)cc2)nc1OCc1sc(C(=O)O)cc1Br. The summed E-state index contributed by atoms with van der Waals surface area (Å²) in [6, 6.07) is 14.2. The molecule has 0 amide bonds. The highest BCUT2D eigenvalue weighted by Crippen LogP contribution is 2.37. The van der Waals surface area contributed by atoms with Crippen LogP contribution < -0.4 is 9.64 Å². The highest BCUT2D eigenvalue weighted by atomic mass is 79.9. The number of aromatic carboxylic acids is 1. The highest BCUT2D eigenvalue weighted by Gasteiger charge is 2.25. The van der Waals surface area contributed by atoms with Crippen molar-refractivity contribution in [1.29, 1.82) is 5.26 Å². The first-order valence-electron chi connectivity index (χ1n) is 12.1. The number of nitrogens with zero attached hydrogens (tertiary/aromatic N) is 3. The molecule has 192 valence electrons. The number of aromatic nitrogens is 1. The van der Waals surface area contributed by atoms with Crippen LogP contribution in [0.25, 0.3) is 11.3 Å². The fraction of sp³-hybridized carbons (Fsp3) is 0.370. The van der Waals surface area contributed by atoms with E-state index in [2.05, 4.69) is 39.0 Å². The number of thiophene rings is 1. The first-order chi connectivity index (χ1) is 18.0. The number of anilines is 1. The molecule has 37 heavy (non-hydrogen) atoms. The van der Waals surface area contributed by atoms with E-state index in [0.717, 1.165) is 77.9 Å². The van der Waals surface area contributed by atoms with Crippen LogP contribution in [-0.2, 0) is 16.1 Å². The lowest BCUT2D eigenvalue weighted by atomic mass is 9.88. The second kappa shape index (κ2) is 11.6. The second-order valence-corrected chi connectivity index (χ2v) is 10.9. The van der Waals surface area contributed by atoms with E-state index in [0.29, 0.717) is 23.2 Å². The van der Waals surface area contributed by atoms with Crippen molar-refractivity contribution in [2.75, 3.05) is 44.4 Å². The van der Waals surface area contributed by atoms with Crippen LogP contribution in [0, 0.1) is 11.3 Å². The zero-order valence-corrected chi connectivity index (χ0v) is 22.5. The molecule has 0 unspecified atom stereocenters. The van der Waals surface area contributed by atoms with Gasteiger partial charge in [-0.1, -0.05) is 12.1 Å². The minimum absolute atomic E-state index is 0.104. The Morgan fingerprint density at radius 1 is 1.16 bits per heavy atom. The van der Waals surface area contributed by atoms with Crippen molar-refractivity contribution in [2.45, 2.75) is 25.4 Å². The molecule has 0 saturated carbocycles. The van der Waals surface area contributed by atoms with Gasteiger partial charge >= 0.3 is 5.97 Å². The van der Waals surface area contributed by atoms with E-state index < -0.39 is 5.97 Å². The van der Waals surface area contributed by atoms with Gasteiger partial charge in [0.1, 0.15) is 23.1 Å². The molecule has 0 atom stereocenters. The molecule has 4 heterocycles. The summed E-state index contributed by atoms with van der Waals surface area (Å²) >= 11 is 4.55. The molecule has 2 aromatic heterocycles. The average molecular weight is 584 g/mol. The molecule has 0 aliphatic carbocycles. The smallest absolute Gasteiger partial charge is 0.345 e. The van der Waals surface area contributed by atoms with Gasteiger partial charge in [0, 0.05) is 42.0 Å². The number of carboxylic acids is 1. The molecule has 0 radical (unpaired) electrons. The molecular formula is C27H26BrN3O5S. The topological polar surface area (TPSA) is 105 Å². The van der Waals surface area contributed by atoms with Gasteiger partial charge in [0.2, 0.25) is 5.88 Å². The third-order valence-corrected chi connectivity index (χ3v) is 8.70. The van der Waals surface area contributed by atoms with E-state index in [1.54, 1.807) is 6.07 Å². The lowest BCUT2D eigenvalue weighted by molar-refractivity contribution is 0.0702. The predicted molar refractivity (Wildman–Crippen MR) is 144 cm³/mol. The Labute approximate surface area is 227 Å². The van der Waals surface area contributed by atoms with Gasteiger partial charge in [0.05, 0.1) is 23.8 Å². The fourth-order valence-electron chi connectivity index (χ4n) is 4.64. The largest absolute Gasteiger partial charge is 0.477 e. The number of rotatable bonds is 7. The Morgan fingerprint density at radius 2 is 1.86 bits per heavy atom. The molecule has 3 aromatic rings. The Morgan fingerprint density at radius 3 is 2.51 bits per heavy atom.